The molecule has 1 aromatic heterocycles. The van der Waals surface area contributed by atoms with Gasteiger partial charge in [-0.15, -0.1) is 0 Å². The Morgan fingerprint density at radius 2 is 1.67 bits per heavy atom. The lowest BCUT2D eigenvalue weighted by molar-refractivity contribution is 0.178. The molecule has 0 unspecified atom stereocenters. The number of aliphatic hydroxyl groups is 1. The van der Waals surface area contributed by atoms with Gasteiger partial charge in [0.05, 0.1) is 6.10 Å². The molecule has 0 aliphatic rings. The van der Waals surface area contributed by atoms with E-state index in [9.17, 15) is 5.11 Å². The first-order chi connectivity index (χ1) is 7.36. The standard InChI is InChI=1S/C13H13NO/c15-13(12-6-8-14-9-7-12)10-11-4-2-1-3-5-11/h1-9,13,15H,10H2/t13-/m0/s1. The van der Waals surface area contributed by atoms with E-state index in [4.69, 9.17) is 0 Å². The molecule has 2 rings (SSSR count). The zero-order valence-electron chi connectivity index (χ0n) is 8.38. The van der Waals surface area contributed by atoms with Crippen LogP contribution in [0.3, 0.4) is 0 Å². The molecule has 1 atom stereocenters. The van der Waals surface area contributed by atoms with Gasteiger partial charge in [-0.1, -0.05) is 30.3 Å². The van der Waals surface area contributed by atoms with Gasteiger partial charge in [0.2, 0.25) is 0 Å². The van der Waals surface area contributed by atoms with Crippen molar-refractivity contribution in [2.75, 3.05) is 0 Å². The van der Waals surface area contributed by atoms with Crippen molar-refractivity contribution < 1.29 is 5.11 Å². The molecular formula is C13H13NO. The topological polar surface area (TPSA) is 33.1 Å². The van der Waals surface area contributed by atoms with Crippen LogP contribution in [0, 0.1) is 0 Å². The van der Waals surface area contributed by atoms with Gasteiger partial charge in [-0.25, -0.2) is 0 Å². The summed E-state index contributed by atoms with van der Waals surface area (Å²) in [6.45, 7) is 0. The maximum absolute atomic E-state index is 9.95. The van der Waals surface area contributed by atoms with Crippen molar-refractivity contribution in [2.45, 2.75) is 12.5 Å². The number of aromatic nitrogens is 1. The summed E-state index contributed by atoms with van der Waals surface area (Å²) in [6.07, 6.45) is 3.59. The minimum atomic E-state index is -0.449. The maximum atomic E-state index is 9.95. The number of aliphatic hydroxyl groups excluding tert-OH is 1. The first-order valence-corrected chi connectivity index (χ1v) is 4.98. The van der Waals surface area contributed by atoms with E-state index in [1.807, 2.05) is 42.5 Å². The van der Waals surface area contributed by atoms with E-state index in [1.54, 1.807) is 12.4 Å². The molecule has 0 saturated heterocycles. The van der Waals surface area contributed by atoms with E-state index >= 15 is 0 Å². The van der Waals surface area contributed by atoms with Crippen molar-refractivity contribution in [3.05, 3.63) is 66.0 Å². The monoisotopic (exact) mass is 199 g/mol. The van der Waals surface area contributed by atoms with Crippen molar-refractivity contribution in [3.8, 4) is 0 Å². The van der Waals surface area contributed by atoms with Gasteiger partial charge >= 0.3 is 0 Å². The number of pyridine rings is 1. The number of nitrogens with zero attached hydrogens (tertiary/aromatic N) is 1. The van der Waals surface area contributed by atoms with Crippen molar-refractivity contribution in [2.24, 2.45) is 0 Å². The van der Waals surface area contributed by atoms with Gasteiger partial charge in [0.1, 0.15) is 0 Å². The average Bonchev–Trinajstić information content (AvgIpc) is 2.31. The van der Waals surface area contributed by atoms with Gasteiger partial charge in [-0.05, 0) is 23.3 Å². The van der Waals surface area contributed by atoms with Crippen LogP contribution in [0.25, 0.3) is 0 Å². The molecule has 0 aliphatic heterocycles. The number of hydrogen-bond donors (Lipinski definition) is 1. The van der Waals surface area contributed by atoms with Crippen LogP contribution < -0.4 is 0 Å². The molecule has 1 heterocycles. The van der Waals surface area contributed by atoms with Gasteiger partial charge < -0.3 is 5.11 Å². The largest absolute Gasteiger partial charge is 0.388 e. The summed E-state index contributed by atoms with van der Waals surface area (Å²) < 4.78 is 0. The Morgan fingerprint density at radius 3 is 2.33 bits per heavy atom. The van der Waals surface area contributed by atoms with E-state index in [0.717, 1.165) is 11.1 Å². The van der Waals surface area contributed by atoms with Crippen LogP contribution in [0.15, 0.2) is 54.9 Å². The second kappa shape index (κ2) is 4.71. The third kappa shape index (κ3) is 2.64. The Kier molecular flexibility index (Phi) is 3.10. The predicted octanol–water partition coefficient (Wildman–Crippen LogP) is 2.36. The smallest absolute Gasteiger partial charge is 0.0831 e. The minimum Gasteiger partial charge on any atom is -0.388 e. The van der Waals surface area contributed by atoms with Gasteiger partial charge in [0.25, 0.3) is 0 Å². The van der Waals surface area contributed by atoms with Crippen LogP contribution in [-0.2, 0) is 6.42 Å². The fourth-order valence-electron chi connectivity index (χ4n) is 1.54. The highest BCUT2D eigenvalue weighted by Gasteiger charge is 2.07. The molecule has 0 spiro atoms. The summed E-state index contributed by atoms with van der Waals surface area (Å²) in [7, 11) is 0. The Morgan fingerprint density at radius 1 is 1.00 bits per heavy atom. The lowest BCUT2D eigenvalue weighted by atomic mass is 10.0. The minimum absolute atomic E-state index is 0.449. The fraction of sp³-hybridized carbons (Fsp3) is 0.154. The van der Waals surface area contributed by atoms with E-state index < -0.39 is 6.10 Å². The molecule has 0 aliphatic carbocycles. The highest BCUT2D eigenvalue weighted by atomic mass is 16.3. The average molecular weight is 199 g/mol. The van der Waals surface area contributed by atoms with Crippen LogP contribution in [-0.4, -0.2) is 10.1 Å². The Labute approximate surface area is 89.2 Å². The predicted molar refractivity (Wildman–Crippen MR) is 59.3 cm³/mol. The summed E-state index contributed by atoms with van der Waals surface area (Å²) in [5.74, 6) is 0. The Bertz CT molecular complexity index is 399. The summed E-state index contributed by atoms with van der Waals surface area (Å²) >= 11 is 0. The Hall–Kier alpha value is -1.67. The fourth-order valence-corrected chi connectivity index (χ4v) is 1.54. The van der Waals surface area contributed by atoms with Gasteiger partial charge in [-0.3, -0.25) is 4.98 Å². The summed E-state index contributed by atoms with van der Waals surface area (Å²) in [4.78, 5) is 3.92. The van der Waals surface area contributed by atoms with Crippen molar-refractivity contribution >= 4 is 0 Å². The number of hydrogen-bond acceptors (Lipinski definition) is 2. The molecule has 0 saturated carbocycles. The molecule has 15 heavy (non-hydrogen) atoms. The van der Waals surface area contributed by atoms with E-state index in [0.29, 0.717) is 6.42 Å². The summed E-state index contributed by atoms with van der Waals surface area (Å²) in [5.41, 5.74) is 2.05. The normalized spacial score (nSPS) is 12.3. The molecule has 0 radical (unpaired) electrons. The first-order valence-electron chi connectivity index (χ1n) is 4.98. The van der Waals surface area contributed by atoms with Crippen molar-refractivity contribution in [3.63, 3.8) is 0 Å². The lowest BCUT2D eigenvalue weighted by Crippen LogP contribution is -2.01. The molecule has 2 nitrogen and oxygen atoms in total. The number of rotatable bonds is 3. The van der Waals surface area contributed by atoms with Crippen LogP contribution in [0.5, 0.6) is 0 Å². The van der Waals surface area contributed by atoms with E-state index in [1.165, 1.54) is 0 Å². The molecular weight excluding hydrogens is 186 g/mol. The van der Waals surface area contributed by atoms with E-state index in [-0.39, 0.29) is 0 Å². The molecule has 2 heteroatoms. The summed E-state index contributed by atoms with van der Waals surface area (Å²) in [5, 5.41) is 9.95. The molecule has 76 valence electrons. The van der Waals surface area contributed by atoms with Gasteiger partial charge in [0.15, 0.2) is 0 Å². The van der Waals surface area contributed by atoms with Crippen LogP contribution in [0.4, 0.5) is 0 Å². The number of benzene rings is 1. The molecule has 0 fully saturated rings. The van der Waals surface area contributed by atoms with Crippen molar-refractivity contribution in [1.29, 1.82) is 0 Å². The van der Waals surface area contributed by atoms with Crippen LogP contribution >= 0.6 is 0 Å². The second-order valence-corrected chi connectivity index (χ2v) is 3.49. The molecule has 0 amide bonds. The van der Waals surface area contributed by atoms with Gasteiger partial charge in [-0.2, -0.15) is 0 Å². The summed E-state index contributed by atoms with van der Waals surface area (Å²) in [6, 6.07) is 13.7. The lowest BCUT2D eigenvalue weighted by Gasteiger charge is -2.10. The maximum Gasteiger partial charge on any atom is 0.0831 e. The molecule has 1 N–H and O–H groups in total. The Balaban J connectivity index is 2.08. The third-order valence-corrected chi connectivity index (χ3v) is 2.36. The zero-order chi connectivity index (χ0) is 10.5. The third-order valence-electron chi connectivity index (χ3n) is 2.36. The van der Waals surface area contributed by atoms with Crippen molar-refractivity contribution in [1.82, 2.24) is 4.98 Å². The van der Waals surface area contributed by atoms with Gasteiger partial charge in [0, 0.05) is 18.8 Å². The van der Waals surface area contributed by atoms with Crippen LogP contribution in [0.2, 0.25) is 0 Å². The molecule has 0 bridgehead atoms. The highest BCUT2D eigenvalue weighted by Crippen LogP contribution is 2.16. The molecule has 2 aromatic rings. The second-order valence-electron chi connectivity index (χ2n) is 3.49. The van der Waals surface area contributed by atoms with E-state index in [2.05, 4.69) is 4.98 Å². The SMILES string of the molecule is O[C@@H](Cc1ccccc1)c1ccncc1. The quantitative estimate of drug-likeness (QED) is 0.823. The molecule has 1 aromatic carbocycles. The first kappa shape index (κ1) is 9.87. The highest BCUT2D eigenvalue weighted by molar-refractivity contribution is 5.20. The zero-order valence-corrected chi connectivity index (χ0v) is 8.38. The van der Waals surface area contributed by atoms with Crippen LogP contribution in [0.1, 0.15) is 17.2 Å².